The third-order valence-corrected chi connectivity index (χ3v) is 1.72. The first kappa shape index (κ1) is 7.80. The highest BCUT2D eigenvalue weighted by Crippen LogP contribution is 2.14. The maximum absolute atomic E-state index is 11.0. The van der Waals surface area contributed by atoms with Gasteiger partial charge in [0.2, 0.25) is 11.8 Å². The minimum Gasteiger partial charge on any atom is -0.296 e. The van der Waals surface area contributed by atoms with Crippen molar-refractivity contribution in [2.24, 2.45) is 5.92 Å². The van der Waals surface area contributed by atoms with E-state index in [0.29, 0.717) is 19.3 Å². The smallest absolute Gasteiger partial charge is 0.230 e. The molecule has 1 aliphatic rings. The molecule has 1 aliphatic heterocycles. The first-order valence-electron chi connectivity index (χ1n) is 3.51. The van der Waals surface area contributed by atoms with Gasteiger partial charge in [-0.3, -0.25) is 14.9 Å². The van der Waals surface area contributed by atoms with Crippen molar-refractivity contribution in [1.82, 2.24) is 5.32 Å². The van der Waals surface area contributed by atoms with Crippen molar-refractivity contribution in [3.8, 4) is 12.3 Å². The van der Waals surface area contributed by atoms with E-state index in [1.165, 1.54) is 0 Å². The number of piperidine rings is 1. The summed E-state index contributed by atoms with van der Waals surface area (Å²) in [6.45, 7) is 0. The number of rotatable bonds is 1. The molecule has 0 aromatic carbocycles. The van der Waals surface area contributed by atoms with Crippen molar-refractivity contribution < 1.29 is 9.59 Å². The highest BCUT2D eigenvalue weighted by molar-refractivity contribution is 5.98. The average molecular weight is 151 g/mol. The van der Waals surface area contributed by atoms with Crippen LogP contribution < -0.4 is 5.32 Å². The van der Waals surface area contributed by atoms with E-state index in [1.807, 2.05) is 0 Å². The molecular weight excluding hydrogens is 142 g/mol. The van der Waals surface area contributed by atoms with Gasteiger partial charge in [0.05, 0.1) is 0 Å². The van der Waals surface area contributed by atoms with Crippen LogP contribution in [0.15, 0.2) is 0 Å². The molecule has 1 fully saturated rings. The highest BCUT2D eigenvalue weighted by atomic mass is 16.2. The molecule has 1 N–H and O–H groups in total. The molecule has 2 amide bonds. The predicted molar refractivity (Wildman–Crippen MR) is 39.3 cm³/mol. The Labute approximate surface area is 65.2 Å². The van der Waals surface area contributed by atoms with E-state index in [9.17, 15) is 9.59 Å². The molecule has 0 aromatic rings. The molecule has 1 unspecified atom stereocenters. The number of nitrogens with one attached hydrogen (secondary N) is 1. The van der Waals surface area contributed by atoms with E-state index in [0.717, 1.165) is 0 Å². The SMILES string of the molecule is C#CCC1CCC(=O)NC1=O. The van der Waals surface area contributed by atoms with Crippen molar-refractivity contribution in [2.45, 2.75) is 19.3 Å². The number of terminal acetylenes is 1. The summed E-state index contributed by atoms with van der Waals surface area (Å²) in [5.41, 5.74) is 0. The fourth-order valence-corrected chi connectivity index (χ4v) is 1.08. The van der Waals surface area contributed by atoms with Crippen LogP contribution in [0.1, 0.15) is 19.3 Å². The number of carbonyl (C=O) groups excluding carboxylic acids is 2. The topological polar surface area (TPSA) is 46.2 Å². The lowest BCUT2D eigenvalue weighted by molar-refractivity contribution is -0.136. The van der Waals surface area contributed by atoms with Crippen LogP contribution in [0.5, 0.6) is 0 Å². The summed E-state index contributed by atoms with van der Waals surface area (Å²) >= 11 is 0. The van der Waals surface area contributed by atoms with Gasteiger partial charge in [-0.2, -0.15) is 0 Å². The zero-order valence-electron chi connectivity index (χ0n) is 6.09. The lowest BCUT2D eigenvalue weighted by atomic mass is 9.95. The Bertz CT molecular complexity index is 227. The molecular formula is C8H9NO2. The largest absolute Gasteiger partial charge is 0.296 e. The minimum atomic E-state index is -0.223. The molecule has 0 bridgehead atoms. The molecule has 0 saturated carbocycles. The van der Waals surface area contributed by atoms with Crippen molar-refractivity contribution >= 4 is 11.8 Å². The molecule has 58 valence electrons. The summed E-state index contributed by atoms with van der Waals surface area (Å²) < 4.78 is 0. The van der Waals surface area contributed by atoms with Crippen LogP contribution in [0, 0.1) is 18.3 Å². The average Bonchev–Trinajstić information content (AvgIpc) is 1.95. The van der Waals surface area contributed by atoms with E-state index in [-0.39, 0.29) is 17.7 Å². The highest BCUT2D eigenvalue weighted by Gasteiger charge is 2.25. The monoisotopic (exact) mass is 151 g/mol. The van der Waals surface area contributed by atoms with Gasteiger partial charge < -0.3 is 0 Å². The molecule has 11 heavy (non-hydrogen) atoms. The molecule has 1 rings (SSSR count). The summed E-state index contributed by atoms with van der Waals surface area (Å²) in [6.07, 6.45) is 6.48. The summed E-state index contributed by atoms with van der Waals surface area (Å²) in [5, 5.41) is 2.24. The third-order valence-electron chi connectivity index (χ3n) is 1.72. The maximum Gasteiger partial charge on any atom is 0.230 e. The van der Waals surface area contributed by atoms with Crippen LogP contribution in [0.2, 0.25) is 0 Å². The molecule has 1 heterocycles. The number of hydrogen-bond donors (Lipinski definition) is 1. The van der Waals surface area contributed by atoms with Gasteiger partial charge in [0.25, 0.3) is 0 Å². The zero-order valence-corrected chi connectivity index (χ0v) is 6.09. The van der Waals surface area contributed by atoms with E-state index in [2.05, 4.69) is 11.2 Å². The summed E-state index contributed by atoms with van der Waals surface area (Å²) in [5.74, 6) is 1.84. The molecule has 0 aromatic heterocycles. The normalized spacial score (nSPS) is 24.1. The number of amides is 2. The van der Waals surface area contributed by atoms with Crippen LogP contribution in [0.4, 0.5) is 0 Å². The zero-order chi connectivity index (χ0) is 8.27. The van der Waals surface area contributed by atoms with Crippen LogP contribution in [0.25, 0.3) is 0 Å². The molecule has 0 aliphatic carbocycles. The first-order chi connectivity index (χ1) is 5.24. The van der Waals surface area contributed by atoms with Gasteiger partial charge in [-0.1, -0.05) is 0 Å². The number of hydrogen-bond acceptors (Lipinski definition) is 2. The molecule has 0 radical (unpaired) electrons. The summed E-state index contributed by atoms with van der Waals surface area (Å²) in [4.78, 5) is 21.6. The van der Waals surface area contributed by atoms with Gasteiger partial charge >= 0.3 is 0 Å². The molecule has 1 saturated heterocycles. The Morgan fingerprint density at radius 2 is 2.36 bits per heavy atom. The molecule has 3 nitrogen and oxygen atoms in total. The van der Waals surface area contributed by atoms with Gasteiger partial charge in [-0.15, -0.1) is 12.3 Å². The molecule has 3 heteroatoms. The van der Waals surface area contributed by atoms with Crippen molar-refractivity contribution in [3.05, 3.63) is 0 Å². The quantitative estimate of drug-likeness (QED) is 0.425. The van der Waals surface area contributed by atoms with Gasteiger partial charge in [0.15, 0.2) is 0 Å². The van der Waals surface area contributed by atoms with Gasteiger partial charge in [0.1, 0.15) is 0 Å². The van der Waals surface area contributed by atoms with Crippen LogP contribution in [0.3, 0.4) is 0 Å². The van der Waals surface area contributed by atoms with E-state index in [1.54, 1.807) is 0 Å². The third kappa shape index (κ3) is 1.81. The van der Waals surface area contributed by atoms with Crippen molar-refractivity contribution in [3.63, 3.8) is 0 Å². The van der Waals surface area contributed by atoms with Crippen LogP contribution in [-0.4, -0.2) is 11.8 Å². The van der Waals surface area contributed by atoms with E-state index < -0.39 is 0 Å². The van der Waals surface area contributed by atoms with Crippen LogP contribution in [-0.2, 0) is 9.59 Å². The Balaban J connectivity index is 2.52. The Kier molecular flexibility index (Phi) is 2.27. The molecule has 1 atom stereocenters. The minimum absolute atomic E-state index is 0.155. The van der Waals surface area contributed by atoms with E-state index >= 15 is 0 Å². The van der Waals surface area contributed by atoms with E-state index in [4.69, 9.17) is 6.42 Å². The summed E-state index contributed by atoms with van der Waals surface area (Å²) in [7, 11) is 0. The molecule has 0 spiro atoms. The predicted octanol–water partition coefficient (Wildman–Crippen LogP) is 0.0625. The second kappa shape index (κ2) is 3.20. The summed E-state index contributed by atoms with van der Waals surface area (Å²) in [6, 6.07) is 0. The van der Waals surface area contributed by atoms with Crippen molar-refractivity contribution in [2.75, 3.05) is 0 Å². The fourth-order valence-electron chi connectivity index (χ4n) is 1.08. The van der Waals surface area contributed by atoms with Crippen molar-refractivity contribution in [1.29, 1.82) is 0 Å². The van der Waals surface area contributed by atoms with Crippen LogP contribution >= 0.6 is 0 Å². The fraction of sp³-hybridized carbons (Fsp3) is 0.500. The second-order valence-electron chi connectivity index (χ2n) is 2.56. The Morgan fingerprint density at radius 1 is 1.64 bits per heavy atom. The Morgan fingerprint density at radius 3 is 2.91 bits per heavy atom. The number of carbonyl (C=O) groups is 2. The van der Waals surface area contributed by atoms with Gasteiger partial charge in [-0.25, -0.2) is 0 Å². The lowest BCUT2D eigenvalue weighted by Crippen LogP contribution is -2.40. The first-order valence-corrected chi connectivity index (χ1v) is 3.51. The maximum atomic E-state index is 11.0. The number of imide groups is 1. The standard InChI is InChI=1S/C8H9NO2/c1-2-3-6-4-5-7(10)9-8(6)11/h1,6H,3-5H2,(H,9,10,11). The van der Waals surface area contributed by atoms with Gasteiger partial charge in [0, 0.05) is 18.8 Å². The lowest BCUT2D eigenvalue weighted by Gasteiger charge is -2.18. The Hall–Kier alpha value is -1.30. The van der Waals surface area contributed by atoms with Gasteiger partial charge in [-0.05, 0) is 6.42 Å². The second-order valence-corrected chi connectivity index (χ2v) is 2.56.